The van der Waals surface area contributed by atoms with E-state index >= 15 is 0 Å². The van der Waals surface area contributed by atoms with Gasteiger partial charge in [-0.3, -0.25) is 4.79 Å². The van der Waals surface area contributed by atoms with E-state index in [1.165, 1.54) is 0 Å². The van der Waals surface area contributed by atoms with Crippen molar-refractivity contribution >= 4 is 17.5 Å². The van der Waals surface area contributed by atoms with Crippen molar-refractivity contribution in [2.24, 2.45) is 0 Å². The molecule has 0 aliphatic carbocycles. The predicted octanol–water partition coefficient (Wildman–Crippen LogP) is 4.20. The van der Waals surface area contributed by atoms with E-state index in [1.54, 1.807) is 12.1 Å². The Bertz CT molecular complexity index is 831. The van der Waals surface area contributed by atoms with Gasteiger partial charge < -0.3 is 9.84 Å². The molecule has 1 heterocycles. The molecule has 6 heteroatoms. The van der Waals surface area contributed by atoms with Gasteiger partial charge in [-0.15, -0.1) is 0 Å². The number of aromatic nitrogens is 2. The lowest BCUT2D eigenvalue weighted by Crippen LogP contribution is -2.28. The molecule has 1 atom stereocenters. The van der Waals surface area contributed by atoms with Crippen molar-refractivity contribution in [2.45, 2.75) is 25.8 Å². The molecule has 5 nitrogen and oxygen atoms in total. The number of nitrogens with zero attached hydrogens (tertiary/aromatic N) is 2. The average molecular weight is 356 g/mol. The normalized spacial score (nSPS) is 11.9. The second kappa shape index (κ2) is 7.94. The molecule has 3 aromatic rings. The lowest BCUT2D eigenvalue weighted by atomic mass is 9.96. The minimum absolute atomic E-state index is 0.0556. The van der Waals surface area contributed by atoms with Gasteiger partial charge in [0.05, 0.1) is 12.5 Å². The van der Waals surface area contributed by atoms with E-state index in [4.69, 9.17) is 16.1 Å². The first-order valence-corrected chi connectivity index (χ1v) is 8.46. The zero-order chi connectivity index (χ0) is 17.6. The van der Waals surface area contributed by atoms with E-state index < -0.39 is 0 Å². The van der Waals surface area contributed by atoms with Crippen molar-refractivity contribution in [3.63, 3.8) is 0 Å². The Morgan fingerprint density at radius 1 is 1.16 bits per heavy atom. The van der Waals surface area contributed by atoms with Crippen LogP contribution < -0.4 is 5.32 Å². The van der Waals surface area contributed by atoms with Crippen molar-refractivity contribution in [3.05, 3.63) is 71.1 Å². The van der Waals surface area contributed by atoms with Gasteiger partial charge in [0.15, 0.2) is 0 Å². The molecular weight excluding hydrogens is 338 g/mol. The van der Waals surface area contributed by atoms with Crippen LogP contribution in [0.2, 0.25) is 5.02 Å². The zero-order valence-corrected chi connectivity index (χ0v) is 14.5. The van der Waals surface area contributed by atoms with E-state index in [2.05, 4.69) is 15.5 Å². The van der Waals surface area contributed by atoms with Crippen molar-refractivity contribution in [2.75, 3.05) is 0 Å². The quantitative estimate of drug-likeness (QED) is 0.719. The SMILES string of the molecule is CC[C@@H](C(=O)NCc1nc(-c2ccc(Cl)cc2)no1)c1ccccc1. The minimum Gasteiger partial charge on any atom is -0.346 e. The molecule has 0 bridgehead atoms. The van der Waals surface area contributed by atoms with Gasteiger partial charge in [-0.25, -0.2) is 0 Å². The highest BCUT2D eigenvalue weighted by Crippen LogP contribution is 2.20. The minimum atomic E-state index is -0.195. The zero-order valence-electron chi connectivity index (χ0n) is 13.8. The van der Waals surface area contributed by atoms with Crippen LogP contribution >= 0.6 is 11.6 Å². The molecule has 0 spiro atoms. The number of carbonyl (C=O) groups excluding carboxylic acids is 1. The molecule has 1 aromatic heterocycles. The van der Waals surface area contributed by atoms with Crippen molar-refractivity contribution in [3.8, 4) is 11.4 Å². The van der Waals surface area contributed by atoms with E-state index in [0.717, 1.165) is 17.5 Å². The Morgan fingerprint density at radius 3 is 2.56 bits per heavy atom. The molecular formula is C19H18ClN3O2. The van der Waals surface area contributed by atoms with Crippen LogP contribution in [0.25, 0.3) is 11.4 Å². The Labute approximate surface area is 151 Å². The van der Waals surface area contributed by atoms with Gasteiger partial charge >= 0.3 is 0 Å². The molecule has 0 aliphatic heterocycles. The Hall–Kier alpha value is -2.66. The molecule has 128 valence electrons. The molecule has 3 rings (SSSR count). The van der Waals surface area contributed by atoms with E-state index in [9.17, 15) is 4.79 Å². The summed E-state index contributed by atoms with van der Waals surface area (Å²) < 4.78 is 5.21. The summed E-state index contributed by atoms with van der Waals surface area (Å²) in [6, 6.07) is 16.9. The third kappa shape index (κ3) is 4.25. The summed E-state index contributed by atoms with van der Waals surface area (Å²) in [6.07, 6.45) is 0.718. The smallest absolute Gasteiger partial charge is 0.246 e. The first-order chi connectivity index (χ1) is 12.2. The lowest BCUT2D eigenvalue weighted by molar-refractivity contribution is -0.122. The van der Waals surface area contributed by atoms with Crippen LogP contribution in [-0.2, 0) is 11.3 Å². The van der Waals surface area contributed by atoms with Crippen LogP contribution in [-0.4, -0.2) is 16.0 Å². The fourth-order valence-electron chi connectivity index (χ4n) is 2.59. The summed E-state index contributed by atoms with van der Waals surface area (Å²) in [5, 5.41) is 7.45. The van der Waals surface area contributed by atoms with Crippen LogP contribution in [0.3, 0.4) is 0 Å². The number of carbonyl (C=O) groups is 1. The predicted molar refractivity (Wildman–Crippen MR) is 96.1 cm³/mol. The molecule has 1 amide bonds. The number of hydrogen-bond donors (Lipinski definition) is 1. The summed E-state index contributed by atoms with van der Waals surface area (Å²) in [5.74, 6) is 0.581. The molecule has 0 saturated carbocycles. The lowest BCUT2D eigenvalue weighted by Gasteiger charge is -2.14. The van der Waals surface area contributed by atoms with E-state index in [-0.39, 0.29) is 18.4 Å². The maximum atomic E-state index is 12.4. The molecule has 2 aromatic carbocycles. The number of benzene rings is 2. The maximum absolute atomic E-state index is 12.4. The molecule has 1 N–H and O–H groups in total. The highest BCUT2D eigenvalue weighted by Gasteiger charge is 2.19. The molecule has 0 aliphatic rings. The van der Waals surface area contributed by atoms with Crippen molar-refractivity contribution < 1.29 is 9.32 Å². The maximum Gasteiger partial charge on any atom is 0.246 e. The van der Waals surface area contributed by atoms with Gasteiger partial charge in [0.1, 0.15) is 0 Å². The number of amides is 1. The van der Waals surface area contributed by atoms with Crippen LogP contribution in [0.15, 0.2) is 59.1 Å². The molecule has 0 fully saturated rings. The van der Waals surface area contributed by atoms with E-state index in [1.807, 2.05) is 49.4 Å². The number of rotatable bonds is 6. The fourth-order valence-corrected chi connectivity index (χ4v) is 2.71. The van der Waals surface area contributed by atoms with Crippen LogP contribution in [0.5, 0.6) is 0 Å². The third-order valence-electron chi connectivity index (χ3n) is 3.91. The van der Waals surface area contributed by atoms with Crippen LogP contribution in [0.1, 0.15) is 30.7 Å². The fraction of sp³-hybridized carbons (Fsp3) is 0.211. The third-order valence-corrected chi connectivity index (χ3v) is 4.16. The van der Waals surface area contributed by atoms with Crippen LogP contribution in [0.4, 0.5) is 0 Å². The topological polar surface area (TPSA) is 68.0 Å². The summed E-state index contributed by atoms with van der Waals surface area (Å²) in [5.41, 5.74) is 1.80. The largest absolute Gasteiger partial charge is 0.346 e. The standard InChI is InChI=1S/C19H18ClN3O2/c1-2-16(13-6-4-3-5-7-13)19(24)21-12-17-22-18(23-25-17)14-8-10-15(20)11-9-14/h3-11,16H,2,12H2,1H3,(H,21,24)/t16-/m1/s1. The van der Waals surface area contributed by atoms with Gasteiger partial charge in [0.25, 0.3) is 0 Å². The molecule has 0 unspecified atom stereocenters. The van der Waals surface area contributed by atoms with Crippen molar-refractivity contribution in [1.29, 1.82) is 0 Å². The summed E-state index contributed by atoms with van der Waals surface area (Å²) in [4.78, 5) is 16.8. The molecule has 25 heavy (non-hydrogen) atoms. The Morgan fingerprint density at radius 2 is 1.88 bits per heavy atom. The molecule has 0 radical (unpaired) electrons. The molecule has 0 saturated heterocycles. The van der Waals surface area contributed by atoms with Gasteiger partial charge in [-0.05, 0) is 36.2 Å². The van der Waals surface area contributed by atoms with Gasteiger partial charge in [0.2, 0.25) is 17.6 Å². The van der Waals surface area contributed by atoms with Crippen LogP contribution in [0, 0.1) is 0 Å². The summed E-state index contributed by atoms with van der Waals surface area (Å²) in [6.45, 7) is 2.19. The second-order valence-electron chi connectivity index (χ2n) is 5.61. The summed E-state index contributed by atoms with van der Waals surface area (Å²) in [7, 11) is 0. The second-order valence-corrected chi connectivity index (χ2v) is 6.04. The Balaban J connectivity index is 1.63. The van der Waals surface area contributed by atoms with E-state index in [0.29, 0.717) is 16.7 Å². The monoisotopic (exact) mass is 355 g/mol. The first-order valence-electron chi connectivity index (χ1n) is 8.08. The van der Waals surface area contributed by atoms with Gasteiger partial charge in [0, 0.05) is 10.6 Å². The summed E-state index contributed by atoms with van der Waals surface area (Å²) >= 11 is 5.87. The number of nitrogens with one attached hydrogen (secondary N) is 1. The van der Waals surface area contributed by atoms with Gasteiger partial charge in [-0.2, -0.15) is 4.98 Å². The average Bonchev–Trinajstić information content (AvgIpc) is 3.11. The van der Waals surface area contributed by atoms with Crippen molar-refractivity contribution in [1.82, 2.24) is 15.5 Å². The Kier molecular flexibility index (Phi) is 5.46. The highest BCUT2D eigenvalue weighted by molar-refractivity contribution is 6.30. The highest BCUT2D eigenvalue weighted by atomic mass is 35.5. The van der Waals surface area contributed by atoms with Gasteiger partial charge in [-0.1, -0.05) is 54.0 Å². The number of halogens is 1. The number of hydrogen-bond acceptors (Lipinski definition) is 4. The first kappa shape index (κ1) is 17.2.